The van der Waals surface area contributed by atoms with E-state index < -0.39 is 5.82 Å². The maximum atomic E-state index is 13.8. The highest BCUT2D eigenvalue weighted by Gasteiger charge is 2.31. The van der Waals surface area contributed by atoms with Gasteiger partial charge in [-0.3, -0.25) is 4.79 Å². The summed E-state index contributed by atoms with van der Waals surface area (Å²) < 4.78 is 14.3. The van der Waals surface area contributed by atoms with E-state index in [1.807, 2.05) is 0 Å². The molecule has 0 N–H and O–H groups in total. The van der Waals surface area contributed by atoms with Crippen molar-refractivity contribution < 1.29 is 9.18 Å². The number of carbonyl (C=O) groups is 1. The van der Waals surface area contributed by atoms with Crippen LogP contribution in [0.25, 0.3) is 0 Å². The summed E-state index contributed by atoms with van der Waals surface area (Å²) in [6.45, 7) is 4.41. The van der Waals surface area contributed by atoms with Crippen molar-refractivity contribution in [1.29, 1.82) is 0 Å². The summed E-state index contributed by atoms with van der Waals surface area (Å²) in [6.07, 6.45) is 2.82. The van der Waals surface area contributed by atoms with Crippen LogP contribution in [0.5, 0.6) is 0 Å². The Balaban J connectivity index is 2.22. The van der Waals surface area contributed by atoms with Gasteiger partial charge < -0.3 is 0 Å². The molecule has 1 aromatic carbocycles. The van der Waals surface area contributed by atoms with E-state index in [2.05, 4.69) is 29.8 Å². The summed E-state index contributed by atoms with van der Waals surface area (Å²) in [5.41, 5.74) is 0.226. The lowest BCUT2D eigenvalue weighted by molar-refractivity contribution is 0.0832. The van der Waals surface area contributed by atoms with Crippen LogP contribution in [0, 0.1) is 23.6 Å². The quantitative estimate of drug-likeness (QED) is 0.714. The van der Waals surface area contributed by atoms with Gasteiger partial charge in [-0.05, 0) is 59.2 Å². The summed E-state index contributed by atoms with van der Waals surface area (Å²) in [5, 5.41) is 0. The average molecular weight is 313 g/mol. The number of hydrogen-bond acceptors (Lipinski definition) is 1. The highest BCUT2D eigenvalue weighted by molar-refractivity contribution is 9.10. The highest BCUT2D eigenvalue weighted by Crippen LogP contribution is 2.36. The first-order valence-corrected chi connectivity index (χ1v) is 7.28. The molecule has 1 fully saturated rings. The molecule has 1 nitrogen and oxygen atoms in total. The molecule has 0 amide bonds. The molecule has 1 aliphatic rings. The second-order valence-electron chi connectivity index (χ2n) is 5.43. The first-order valence-electron chi connectivity index (χ1n) is 6.49. The van der Waals surface area contributed by atoms with Crippen molar-refractivity contribution in [1.82, 2.24) is 0 Å². The largest absolute Gasteiger partial charge is 0.294 e. The Morgan fingerprint density at radius 2 is 2.00 bits per heavy atom. The smallest absolute Gasteiger partial charge is 0.170 e. The molecule has 98 valence electrons. The molecule has 3 heteroatoms. The van der Waals surface area contributed by atoms with Crippen molar-refractivity contribution in [3.8, 4) is 0 Å². The molecule has 1 aromatic rings. The van der Waals surface area contributed by atoms with Crippen molar-refractivity contribution in [2.24, 2.45) is 17.8 Å². The first-order chi connectivity index (χ1) is 8.50. The molecule has 0 heterocycles. The highest BCUT2D eigenvalue weighted by atomic mass is 79.9. The lowest BCUT2D eigenvalue weighted by atomic mass is 9.73. The summed E-state index contributed by atoms with van der Waals surface area (Å²) in [7, 11) is 0. The van der Waals surface area contributed by atoms with E-state index >= 15 is 0 Å². The van der Waals surface area contributed by atoms with Crippen LogP contribution in [-0.4, -0.2) is 5.78 Å². The maximum absolute atomic E-state index is 13.8. The van der Waals surface area contributed by atoms with Gasteiger partial charge in [-0.1, -0.05) is 19.9 Å². The Morgan fingerprint density at radius 3 is 2.61 bits per heavy atom. The van der Waals surface area contributed by atoms with E-state index in [4.69, 9.17) is 0 Å². The molecular weight excluding hydrogens is 295 g/mol. The predicted octanol–water partition coefficient (Wildman–Crippen LogP) is 4.84. The molecule has 1 aliphatic carbocycles. The SMILES string of the molecule is CC1CCC(C(=O)c2c(F)cccc2Br)CC1C. The van der Waals surface area contributed by atoms with Gasteiger partial charge >= 0.3 is 0 Å². The Bertz CT molecular complexity index is 438. The Kier molecular flexibility index (Phi) is 4.21. The number of rotatable bonds is 2. The molecule has 2 rings (SSSR count). The molecule has 0 aromatic heterocycles. The maximum Gasteiger partial charge on any atom is 0.170 e. The minimum atomic E-state index is -0.416. The molecule has 0 radical (unpaired) electrons. The van der Waals surface area contributed by atoms with Gasteiger partial charge in [0, 0.05) is 10.4 Å². The zero-order valence-corrected chi connectivity index (χ0v) is 12.3. The molecule has 1 saturated carbocycles. The molecule has 18 heavy (non-hydrogen) atoms. The third-order valence-electron chi connectivity index (χ3n) is 4.18. The van der Waals surface area contributed by atoms with Gasteiger partial charge in [0.2, 0.25) is 0 Å². The third kappa shape index (κ3) is 2.66. The van der Waals surface area contributed by atoms with E-state index in [0.717, 1.165) is 19.3 Å². The van der Waals surface area contributed by atoms with E-state index in [-0.39, 0.29) is 17.3 Å². The Hall–Kier alpha value is -0.700. The summed E-state index contributed by atoms with van der Waals surface area (Å²) in [4.78, 5) is 12.4. The van der Waals surface area contributed by atoms with Crippen LogP contribution in [-0.2, 0) is 0 Å². The van der Waals surface area contributed by atoms with Crippen molar-refractivity contribution in [2.45, 2.75) is 33.1 Å². The monoisotopic (exact) mass is 312 g/mol. The minimum Gasteiger partial charge on any atom is -0.294 e. The van der Waals surface area contributed by atoms with Gasteiger partial charge in [-0.15, -0.1) is 0 Å². The standard InChI is InChI=1S/C15H18BrFO/c1-9-6-7-11(8-10(9)2)15(18)14-12(16)4-3-5-13(14)17/h3-5,9-11H,6-8H2,1-2H3. The van der Waals surface area contributed by atoms with Crippen LogP contribution in [0.4, 0.5) is 4.39 Å². The van der Waals surface area contributed by atoms with Gasteiger partial charge in [-0.25, -0.2) is 4.39 Å². The van der Waals surface area contributed by atoms with Gasteiger partial charge in [0.05, 0.1) is 5.56 Å². The van der Waals surface area contributed by atoms with Crippen molar-refractivity contribution in [3.05, 3.63) is 34.1 Å². The number of Topliss-reactive ketones (excluding diaryl/α,β-unsaturated/α-hetero) is 1. The predicted molar refractivity (Wildman–Crippen MR) is 74.1 cm³/mol. The molecular formula is C15H18BrFO. The average Bonchev–Trinajstić information content (AvgIpc) is 2.32. The summed E-state index contributed by atoms with van der Waals surface area (Å²) in [5.74, 6) is 0.722. The molecule has 0 bridgehead atoms. The van der Waals surface area contributed by atoms with E-state index in [1.165, 1.54) is 6.07 Å². The Labute approximate surface area is 116 Å². The number of hydrogen-bond donors (Lipinski definition) is 0. The summed E-state index contributed by atoms with van der Waals surface area (Å²) >= 11 is 3.28. The fraction of sp³-hybridized carbons (Fsp3) is 0.533. The number of ketones is 1. The molecule has 3 atom stereocenters. The van der Waals surface area contributed by atoms with E-state index in [0.29, 0.717) is 16.3 Å². The second-order valence-corrected chi connectivity index (χ2v) is 6.28. The zero-order chi connectivity index (χ0) is 13.3. The normalized spacial score (nSPS) is 28.1. The number of benzene rings is 1. The lowest BCUT2D eigenvalue weighted by Gasteiger charge is -2.31. The number of halogens is 2. The van der Waals surface area contributed by atoms with Crippen LogP contribution in [0.2, 0.25) is 0 Å². The van der Waals surface area contributed by atoms with Crippen LogP contribution in [0.1, 0.15) is 43.5 Å². The fourth-order valence-electron chi connectivity index (χ4n) is 2.72. The summed E-state index contributed by atoms with van der Waals surface area (Å²) in [6, 6.07) is 4.69. The van der Waals surface area contributed by atoms with Crippen LogP contribution >= 0.6 is 15.9 Å². The van der Waals surface area contributed by atoms with E-state index in [1.54, 1.807) is 12.1 Å². The lowest BCUT2D eigenvalue weighted by Crippen LogP contribution is -2.27. The van der Waals surface area contributed by atoms with Gasteiger partial charge in [0.25, 0.3) is 0 Å². The van der Waals surface area contributed by atoms with Crippen LogP contribution < -0.4 is 0 Å². The molecule has 3 unspecified atom stereocenters. The first kappa shape index (κ1) is 13.7. The Morgan fingerprint density at radius 1 is 1.28 bits per heavy atom. The zero-order valence-electron chi connectivity index (χ0n) is 10.7. The van der Waals surface area contributed by atoms with Gasteiger partial charge in [0.15, 0.2) is 5.78 Å². The minimum absolute atomic E-state index is 0.0237. The fourth-order valence-corrected chi connectivity index (χ4v) is 3.26. The molecule has 0 aliphatic heterocycles. The van der Waals surface area contributed by atoms with Crippen molar-refractivity contribution in [2.75, 3.05) is 0 Å². The van der Waals surface area contributed by atoms with Gasteiger partial charge in [-0.2, -0.15) is 0 Å². The van der Waals surface area contributed by atoms with Crippen molar-refractivity contribution in [3.63, 3.8) is 0 Å². The third-order valence-corrected chi connectivity index (χ3v) is 4.84. The van der Waals surface area contributed by atoms with Crippen LogP contribution in [0.15, 0.2) is 22.7 Å². The molecule has 0 spiro atoms. The van der Waals surface area contributed by atoms with Gasteiger partial charge in [0.1, 0.15) is 5.82 Å². The number of carbonyl (C=O) groups excluding carboxylic acids is 1. The topological polar surface area (TPSA) is 17.1 Å². The van der Waals surface area contributed by atoms with Crippen molar-refractivity contribution >= 4 is 21.7 Å². The van der Waals surface area contributed by atoms with E-state index in [9.17, 15) is 9.18 Å². The second kappa shape index (κ2) is 5.52. The molecule has 0 saturated heterocycles. The van der Waals surface area contributed by atoms with Crippen LogP contribution in [0.3, 0.4) is 0 Å².